The second-order valence-corrected chi connectivity index (χ2v) is 4.85. The van der Waals surface area contributed by atoms with Gasteiger partial charge in [0.25, 0.3) is 0 Å². The molecule has 0 unspecified atom stereocenters. The summed E-state index contributed by atoms with van der Waals surface area (Å²) < 4.78 is 0. The van der Waals surface area contributed by atoms with Gasteiger partial charge in [-0.15, -0.1) is 0 Å². The van der Waals surface area contributed by atoms with Crippen molar-refractivity contribution in [1.29, 1.82) is 0 Å². The molecule has 0 radical (unpaired) electrons. The monoisotopic (exact) mass is 303 g/mol. The number of ketones is 1. The highest BCUT2D eigenvalue weighted by molar-refractivity contribution is 6.35. The van der Waals surface area contributed by atoms with E-state index < -0.39 is 0 Å². The molecule has 0 fully saturated rings. The second-order valence-electron chi connectivity index (χ2n) is 4.00. The van der Waals surface area contributed by atoms with Crippen LogP contribution in [0.5, 0.6) is 0 Å². The molecule has 0 bridgehead atoms. The number of benzene rings is 2. The molecule has 2 nitrogen and oxygen atoms in total. The Morgan fingerprint density at radius 3 is 2.55 bits per heavy atom. The maximum absolute atomic E-state index is 12.6. The molecule has 0 aliphatic heterocycles. The van der Waals surface area contributed by atoms with Crippen LogP contribution in [0.25, 0.3) is 0 Å². The average Bonchev–Trinajstić information content (AvgIpc) is 2.46. The minimum absolute atomic E-state index is 0.209. The van der Waals surface area contributed by atoms with Crippen molar-refractivity contribution < 1.29 is 4.79 Å². The number of rotatable bonds is 2. The third kappa shape index (κ3) is 3.20. The van der Waals surface area contributed by atoms with E-state index in [2.05, 4.69) is 11.8 Å². The lowest BCUT2D eigenvalue weighted by Crippen LogP contribution is -2.05. The number of nitrogens with two attached hydrogens (primary N) is 1. The normalized spacial score (nSPS) is 9.75. The van der Waals surface area contributed by atoms with Crippen molar-refractivity contribution in [2.24, 2.45) is 5.73 Å². The molecule has 2 rings (SSSR count). The van der Waals surface area contributed by atoms with E-state index in [1.807, 2.05) is 0 Å². The Bertz CT molecular complexity index is 714. The zero-order valence-electron chi connectivity index (χ0n) is 10.5. The maximum Gasteiger partial charge on any atom is 0.195 e. The van der Waals surface area contributed by atoms with E-state index in [4.69, 9.17) is 28.9 Å². The summed E-state index contributed by atoms with van der Waals surface area (Å²) in [6, 6.07) is 11.9. The van der Waals surface area contributed by atoms with E-state index in [1.54, 1.807) is 42.5 Å². The zero-order chi connectivity index (χ0) is 14.5. The summed E-state index contributed by atoms with van der Waals surface area (Å²) in [5.41, 5.74) is 6.80. The van der Waals surface area contributed by atoms with E-state index in [0.29, 0.717) is 26.7 Å². The number of carbonyl (C=O) groups is 1. The van der Waals surface area contributed by atoms with Crippen molar-refractivity contribution in [3.8, 4) is 11.8 Å². The fourth-order valence-corrected chi connectivity index (χ4v) is 2.14. The van der Waals surface area contributed by atoms with Crippen molar-refractivity contribution in [3.05, 3.63) is 69.2 Å². The first-order chi connectivity index (χ1) is 9.63. The predicted octanol–water partition coefficient (Wildman–Crippen LogP) is 3.53. The Morgan fingerprint density at radius 1 is 1.10 bits per heavy atom. The van der Waals surface area contributed by atoms with Gasteiger partial charge in [0.2, 0.25) is 0 Å². The fourth-order valence-electron chi connectivity index (χ4n) is 1.75. The molecule has 20 heavy (non-hydrogen) atoms. The van der Waals surface area contributed by atoms with Crippen LogP contribution >= 0.6 is 23.2 Å². The first kappa shape index (κ1) is 14.6. The maximum atomic E-state index is 12.6. The summed E-state index contributed by atoms with van der Waals surface area (Å²) in [4.78, 5) is 12.6. The van der Waals surface area contributed by atoms with Crippen molar-refractivity contribution in [2.45, 2.75) is 0 Å². The van der Waals surface area contributed by atoms with Crippen LogP contribution in [0.15, 0.2) is 42.5 Å². The summed E-state index contributed by atoms with van der Waals surface area (Å²) in [7, 11) is 0. The predicted molar refractivity (Wildman–Crippen MR) is 82.3 cm³/mol. The molecule has 0 amide bonds. The molecule has 0 aromatic heterocycles. The second kappa shape index (κ2) is 6.58. The summed E-state index contributed by atoms with van der Waals surface area (Å²) in [5, 5.41) is 0.869. The van der Waals surface area contributed by atoms with E-state index in [9.17, 15) is 4.79 Å². The fraction of sp³-hybridized carbons (Fsp3) is 0.0625. The summed E-state index contributed by atoms with van der Waals surface area (Å²) in [6.45, 7) is 0.225. The van der Waals surface area contributed by atoms with Gasteiger partial charge >= 0.3 is 0 Å². The summed E-state index contributed by atoms with van der Waals surface area (Å²) >= 11 is 12.0. The Morgan fingerprint density at radius 2 is 1.85 bits per heavy atom. The van der Waals surface area contributed by atoms with E-state index >= 15 is 0 Å². The quantitative estimate of drug-likeness (QED) is 0.681. The van der Waals surface area contributed by atoms with Gasteiger partial charge in [-0.1, -0.05) is 47.2 Å². The lowest BCUT2D eigenvalue weighted by molar-refractivity contribution is 0.103. The summed E-state index contributed by atoms with van der Waals surface area (Å²) in [5.74, 6) is 5.40. The lowest BCUT2D eigenvalue weighted by Gasteiger charge is -2.06. The van der Waals surface area contributed by atoms with Gasteiger partial charge in [0.1, 0.15) is 0 Å². The lowest BCUT2D eigenvalue weighted by atomic mass is 9.98. The van der Waals surface area contributed by atoms with E-state index in [-0.39, 0.29) is 12.3 Å². The van der Waals surface area contributed by atoms with Gasteiger partial charge in [-0.05, 0) is 30.3 Å². The SMILES string of the molecule is NCC#Cc1ccc(Cl)cc1C(=O)c1ccccc1Cl. The molecule has 0 heterocycles. The average molecular weight is 304 g/mol. The van der Waals surface area contributed by atoms with Crippen LogP contribution in [-0.4, -0.2) is 12.3 Å². The van der Waals surface area contributed by atoms with Crippen LogP contribution in [0.1, 0.15) is 21.5 Å². The zero-order valence-corrected chi connectivity index (χ0v) is 12.0. The molecule has 4 heteroatoms. The third-order valence-electron chi connectivity index (χ3n) is 2.67. The number of hydrogen-bond donors (Lipinski definition) is 1. The Labute approximate surface area is 127 Å². The van der Waals surface area contributed by atoms with Crippen molar-refractivity contribution >= 4 is 29.0 Å². The number of carbonyl (C=O) groups excluding carboxylic acids is 1. The molecule has 0 atom stereocenters. The molecular weight excluding hydrogens is 293 g/mol. The van der Waals surface area contributed by atoms with Gasteiger partial charge in [-0.3, -0.25) is 4.79 Å². The topological polar surface area (TPSA) is 43.1 Å². The molecular formula is C16H11Cl2NO. The first-order valence-corrected chi connectivity index (χ1v) is 6.67. The largest absolute Gasteiger partial charge is 0.320 e. The Hall–Kier alpha value is -1.79. The van der Waals surface area contributed by atoms with Crippen LogP contribution in [0.4, 0.5) is 0 Å². The Kier molecular flexibility index (Phi) is 4.81. The molecule has 0 aliphatic carbocycles. The molecule has 100 valence electrons. The van der Waals surface area contributed by atoms with Crippen molar-refractivity contribution in [2.75, 3.05) is 6.54 Å². The third-order valence-corrected chi connectivity index (χ3v) is 3.23. The molecule has 0 saturated carbocycles. The number of hydrogen-bond acceptors (Lipinski definition) is 2. The highest BCUT2D eigenvalue weighted by Gasteiger charge is 2.15. The molecule has 0 saturated heterocycles. The van der Waals surface area contributed by atoms with E-state index in [1.165, 1.54) is 0 Å². The van der Waals surface area contributed by atoms with Crippen LogP contribution in [0.2, 0.25) is 10.0 Å². The van der Waals surface area contributed by atoms with Gasteiger partial charge in [0, 0.05) is 21.7 Å². The van der Waals surface area contributed by atoms with Gasteiger partial charge in [-0.2, -0.15) is 0 Å². The smallest absolute Gasteiger partial charge is 0.195 e. The van der Waals surface area contributed by atoms with Crippen LogP contribution in [0, 0.1) is 11.8 Å². The van der Waals surface area contributed by atoms with Crippen LogP contribution in [0.3, 0.4) is 0 Å². The first-order valence-electron chi connectivity index (χ1n) is 5.91. The van der Waals surface area contributed by atoms with Crippen molar-refractivity contribution in [3.63, 3.8) is 0 Å². The van der Waals surface area contributed by atoms with Gasteiger partial charge < -0.3 is 5.73 Å². The van der Waals surface area contributed by atoms with Crippen LogP contribution < -0.4 is 5.73 Å². The highest BCUT2D eigenvalue weighted by Crippen LogP contribution is 2.23. The Balaban J connectivity index is 2.54. The van der Waals surface area contributed by atoms with E-state index in [0.717, 1.165) is 0 Å². The van der Waals surface area contributed by atoms with Gasteiger partial charge in [0.15, 0.2) is 5.78 Å². The molecule has 0 spiro atoms. The molecule has 2 aromatic carbocycles. The summed E-state index contributed by atoms with van der Waals surface area (Å²) in [6.07, 6.45) is 0. The molecule has 2 aromatic rings. The molecule has 0 aliphatic rings. The number of halogens is 2. The molecule has 2 N–H and O–H groups in total. The van der Waals surface area contributed by atoms with Gasteiger partial charge in [-0.25, -0.2) is 0 Å². The van der Waals surface area contributed by atoms with Gasteiger partial charge in [0.05, 0.1) is 11.6 Å². The van der Waals surface area contributed by atoms with Crippen LogP contribution in [-0.2, 0) is 0 Å². The van der Waals surface area contributed by atoms with Crippen molar-refractivity contribution in [1.82, 2.24) is 0 Å². The minimum atomic E-state index is -0.209. The standard InChI is InChI=1S/C16H11Cl2NO/c17-12-8-7-11(4-3-9-19)14(10-12)16(20)13-5-1-2-6-15(13)18/h1-2,5-8,10H,9,19H2. The minimum Gasteiger partial charge on any atom is -0.320 e. The highest BCUT2D eigenvalue weighted by atomic mass is 35.5.